The number of amides is 1. The molecule has 2 N–H and O–H groups in total. The fourth-order valence-corrected chi connectivity index (χ4v) is 2.07. The lowest BCUT2D eigenvalue weighted by atomic mass is 9.88. The summed E-state index contributed by atoms with van der Waals surface area (Å²) in [5.41, 5.74) is 5.62. The Labute approximate surface area is 118 Å². The molecule has 0 aromatic carbocycles. The van der Waals surface area contributed by atoms with Crippen LogP contribution in [0.1, 0.15) is 47.0 Å². The minimum atomic E-state index is 0.204. The van der Waals surface area contributed by atoms with Crippen LogP contribution in [-0.4, -0.2) is 43.7 Å². The highest BCUT2D eigenvalue weighted by Crippen LogP contribution is 2.20. The highest BCUT2D eigenvalue weighted by molar-refractivity contribution is 5.75. The maximum Gasteiger partial charge on any atom is 0.222 e. The van der Waals surface area contributed by atoms with Crippen LogP contribution in [0, 0.1) is 11.8 Å². The third-order valence-electron chi connectivity index (χ3n) is 3.51. The van der Waals surface area contributed by atoms with Gasteiger partial charge in [-0.25, -0.2) is 0 Å². The van der Waals surface area contributed by atoms with Crippen LogP contribution in [0.3, 0.4) is 0 Å². The summed E-state index contributed by atoms with van der Waals surface area (Å²) in [5.74, 6) is 1.34. The van der Waals surface area contributed by atoms with Gasteiger partial charge in [0.1, 0.15) is 0 Å². The Kier molecular flexibility index (Phi) is 9.88. The van der Waals surface area contributed by atoms with Gasteiger partial charge in [-0.1, -0.05) is 13.8 Å². The number of carbonyl (C=O) groups is 1. The molecule has 114 valence electrons. The van der Waals surface area contributed by atoms with Crippen molar-refractivity contribution >= 4 is 5.91 Å². The molecule has 1 unspecified atom stereocenters. The van der Waals surface area contributed by atoms with Crippen LogP contribution in [0.5, 0.6) is 0 Å². The molecule has 0 spiro atoms. The minimum Gasteiger partial charge on any atom is -0.377 e. The van der Waals surface area contributed by atoms with Crippen LogP contribution in [0.15, 0.2) is 0 Å². The maximum atomic E-state index is 12.0. The van der Waals surface area contributed by atoms with E-state index >= 15 is 0 Å². The van der Waals surface area contributed by atoms with Gasteiger partial charge in [0.15, 0.2) is 0 Å². The normalized spacial score (nSPS) is 13.1. The molecular formula is C15H32N2O2. The molecule has 1 atom stereocenters. The van der Waals surface area contributed by atoms with Gasteiger partial charge in [-0.3, -0.25) is 4.79 Å². The van der Waals surface area contributed by atoms with Crippen molar-refractivity contribution in [3.8, 4) is 0 Å². The quantitative estimate of drug-likeness (QED) is 0.664. The van der Waals surface area contributed by atoms with E-state index in [2.05, 4.69) is 13.8 Å². The summed E-state index contributed by atoms with van der Waals surface area (Å²) in [6, 6.07) is 0. The molecule has 0 saturated carbocycles. The van der Waals surface area contributed by atoms with Crippen molar-refractivity contribution in [2.75, 3.05) is 26.7 Å². The SMILES string of the molecule is CC(C)OCCN(C)C(=O)CCC(CCN)C(C)C. The molecule has 0 aromatic rings. The summed E-state index contributed by atoms with van der Waals surface area (Å²) in [4.78, 5) is 13.8. The maximum absolute atomic E-state index is 12.0. The fourth-order valence-electron chi connectivity index (χ4n) is 2.07. The Morgan fingerprint density at radius 1 is 1.21 bits per heavy atom. The van der Waals surface area contributed by atoms with E-state index in [0.29, 0.717) is 38.0 Å². The molecule has 4 nitrogen and oxygen atoms in total. The van der Waals surface area contributed by atoms with E-state index in [1.807, 2.05) is 20.9 Å². The Morgan fingerprint density at radius 2 is 1.84 bits per heavy atom. The first kappa shape index (κ1) is 18.4. The third kappa shape index (κ3) is 9.00. The van der Waals surface area contributed by atoms with Crippen LogP contribution in [0.2, 0.25) is 0 Å². The van der Waals surface area contributed by atoms with Gasteiger partial charge in [0.2, 0.25) is 5.91 Å². The summed E-state index contributed by atoms with van der Waals surface area (Å²) in [5, 5.41) is 0. The van der Waals surface area contributed by atoms with E-state index in [1.165, 1.54) is 0 Å². The molecule has 19 heavy (non-hydrogen) atoms. The van der Waals surface area contributed by atoms with Crippen molar-refractivity contribution in [3.05, 3.63) is 0 Å². The van der Waals surface area contributed by atoms with Gasteiger partial charge in [-0.05, 0) is 45.1 Å². The summed E-state index contributed by atoms with van der Waals surface area (Å²) in [6.45, 7) is 10.4. The van der Waals surface area contributed by atoms with Gasteiger partial charge in [0.05, 0.1) is 12.7 Å². The number of likely N-dealkylation sites (N-methyl/N-ethyl adjacent to an activating group) is 1. The van der Waals surface area contributed by atoms with Crippen LogP contribution in [0.25, 0.3) is 0 Å². The second-order valence-corrected chi connectivity index (χ2v) is 5.85. The predicted octanol–water partition coefficient (Wildman–Crippen LogP) is 2.27. The molecule has 4 heteroatoms. The lowest BCUT2D eigenvalue weighted by Crippen LogP contribution is -2.31. The van der Waals surface area contributed by atoms with Crippen molar-refractivity contribution < 1.29 is 9.53 Å². The van der Waals surface area contributed by atoms with Crippen LogP contribution < -0.4 is 5.73 Å². The summed E-state index contributed by atoms with van der Waals surface area (Å²) in [6.07, 6.45) is 2.77. The Balaban J connectivity index is 3.94. The van der Waals surface area contributed by atoms with Crippen molar-refractivity contribution in [1.82, 2.24) is 4.90 Å². The fraction of sp³-hybridized carbons (Fsp3) is 0.933. The van der Waals surface area contributed by atoms with E-state index < -0.39 is 0 Å². The monoisotopic (exact) mass is 272 g/mol. The molecule has 0 fully saturated rings. The standard InChI is InChI=1S/C15H32N2O2/c1-12(2)14(8-9-16)6-7-15(18)17(5)10-11-19-13(3)4/h12-14H,6-11,16H2,1-5H3. The number of rotatable bonds is 10. The minimum absolute atomic E-state index is 0.204. The van der Waals surface area contributed by atoms with Gasteiger partial charge >= 0.3 is 0 Å². The number of nitrogens with zero attached hydrogens (tertiary/aromatic N) is 1. The lowest BCUT2D eigenvalue weighted by Gasteiger charge is -2.22. The number of nitrogens with two attached hydrogens (primary N) is 1. The third-order valence-corrected chi connectivity index (χ3v) is 3.51. The molecule has 0 aliphatic rings. The Hall–Kier alpha value is -0.610. The van der Waals surface area contributed by atoms with Gasteiger partial charge in [-0.2, -0.15) is 0 Å². The van der Waals surface area contributed by atoms with E-state index in [1.54, 1.807) is 4.90 Å². The zero-order valence-corrected chi connectivity index (χ0v) is 13.3. The number of hydrogen-bond acceptors (Lipinski definition) is 3. The first-order valence-electron chi connectivity index (χ1n) is 7.44. The molecule has 0 saturated heterocycles. The molecule has 0 heterocycles. The molecule has 0 radical (unpaired) electrons. The van der Waals surface area contributed by atoms with Crippen LogP contribution >= 0.6 is 0 Å². The lowest BCUT2D eigenvalue weighted by molar-refractivity contribution is -0.131. The van der Waals surface area contributed by atoms with Gasteiger partial charge in [-0.15, -0.1) is 0 Å². The van der Waals surface area contributed by atoms with Crippen molar-refractivity contribution in [2.45, 2.75) is 53.1 Å². The number of hydrogen-bond donors (Lipinski definition) is 1. The average molecular weight is 272 g/mol. The van der Waals surface area contributed by atoms with Crippen molar-refractivity contribution in [1.29, 1.82) is 0 Å². The Bertz CT molecular complexity index is 242. The largest absolute Gasteiger partial charge is 0.377 e. The average Bonchev–Trinajstić information content (AvgIpc) is 2.32. The van der Waals surface area contributed by atoms with Crippen LogP contribution in [-0.2, 0) is 9.53 Å². The van der Waals surface area contributed by atoms with Gasteiger partial charge in [0, 0.05) is 20.0 Å². The first-order valence-corrected chi connectivity index (χ1v) is 7.44. The van der Waals surface area contributed by atoms with E-state index in [4.69, 9.17) is 10.5 Å². The summed E-state index contributed by atoms with van der Waals surface area (Å²) < 4.78 is 5.45. The smallest absolute Gasteiger partial charge is 0.222 e. The van der Waals surface area contributed by atoms with E-state index in [0.717, 1.165) is 12.8 Å². The zero-order valence-electron chi connectivity index (χ0n) is 13.3. The second kappa shape index (κ2) is 10.2. The predicted molar refractivity (Wildman–Crippen MR) is 80.0 cm³/mol. The zero-order chi connectivity index (χ0) is 14.8. The molecule has 0 aromatic heterocycles. The van der Waals surface area contributed by atoms with Crippen LogP contribution in [0.4, 0.5) is 0 Å². The van der Waals surface area contributed by atoms with E-state index in [-0.39, 0.29) is 12.0 Å². The molecule has 0 bridgehead atoms. The molecular weight excluding hydrogens is 240 g/mol. The second-order valence-electron chi connectivity index (χ2n) is 5.85. The molecule has 0 rings (SSSR count). The van der Waals surface area contributed by atoms with Gasteiger partial charge in [0.25, 0.3) is 0 Å². The number of ether oxygens (including phenoxy) is 1. The summed E-state index contributed by atoms with van der Waals surface area (Å²) in [7, 11) is 1.85. The van der Waals surface area contributed by atoms with E-state index in [9.17, 15) is 4.79 Å². The molecule has 0 aliphatic carbocycles. The highest BCUT2D eigenvalue weighted by Gasteiger charge is 2.16. The number of carbonyl (C=O) groups excluding carboxylic acids is 1. The molecule has 1 amide bonds. The first-order chi connectivity index (χ1) is 8.88. The Morgan fingerprint density at radius 3 is 2.32 bits per heavy atom. The summed E-state index contributed by atoms with van der Waals surface area (Å²) >= 11 is 0. The highest BCUT2D eigenvalue weighted by atomic mass is 16.5. The molecule has 0 aliphatic heterocycles. The van der Waals surface area contributed by atoms with Crippen molar-refractivity contribution in [2.24, 2.45) is 17.6 Å². The van der Waals surface area contributed by atoms with Crippen molar-refractivity contribution in [3.63, 3.8) is 0 Å². The van der Waals surface area contributed by atoms with Gasteiger partial charge < -0.3 is 15.4 Å². The topological polar surface area (TPSA) is 55.6 Å².